The molecule has 2 rings (SSSR count). The van der Waals surface area contributed by atoms with Crippen LogP contribution in [-0.2, 0) is 10.3 Å². The Bertz CT molecular complexity index is 353. The smallest absolute Gasteiger partial charge is 0.121 e. The van der Waals surface area contributed by atoms with E-state index in [-0.39, 0.29) is 5.54 Å². The predicted molar refractivity (Wildman–Crippen MR) is 59.3 cm³/mol. The fourth-order valence-corrected chi connectivity index (χ4v) is 1.94. The van der Waals surface area contributed by atoms with Gasteiger partial charge in [0.25, 0.3) is 0 Å². The molecule has 1 aliphatic heterocycles. The van der Waals surface area contributed by atoms with E-state index in [2.05, 4.69) is 24.4 Å². The number of methoxy groups -OCH3 is 1. The summed E-state index contributed by atoms with van der Waals surface area (Å²) in [5.74, 6) is 0.935. The number of nitrogens with one attached hydrogen (secondary N) is 1. The number of likely N-dealkylation sites (N-methyl/N-ethyl adjacent to an activating group) is 1. The van der Waals surface area contributed by atoms with E-state index >= 15 is 0 Å². The van der Waals surface area contributed by atoms with Crippen molar-refractivity contribution in [3.8, 4) is 5.75 Å². The van der Waals surface area contributed by atoms with Crippen molar-refractivity contribution in [3.63, 3.8) is 0 Å². The number of benzene rings is 1. The molecule has 0 bridgehead atoms. The Hall–Kier alpha value is -1.06. The van der Waals surface area contributed by atoms with Crippen LogP contribution in [0.15, 0.2) is 18.2 Å². The van der Waals surface area contributed by atoms with Crippen LogP contribution < -0.4 is 10.1 Å². The van der Waals surface area contributed by atoms with Gasteiger partial charge >= 0.3 is 0 Å². The monoisotopic (exact) mass is 207 g/mol. The topological polar surface area (TPSA) is 30.5 Å². The summed E-state index contributed by atoms with van der Waals surface area (Å²) < 4.78 is 10.5. The molecule has 1 fully saturated rings. The summed E-state index contributed by atoms with van der Waals surface area (Å²) in [6.45, 7) is 3.55. The van der Waals surface area contributed by atoms with E-state index in [9.17, 15) is 0 Å². The minimum Gasteiger partial charge on any atom is -0.496 e. The van der Waals surface area contributed by atoms with Crippen LogP contribution in [0.4, 0.5) is 0 Å². The van der Waals surface area contributed by atoms with Gasteiger partial charge in [0.05, 0.1) is 25.9 Å². The molecule has 1 aromatic rings. The van der Waals surface area contributed by atoms with Crippen molar-refractivity contribution in [2.24, 2.45) is 0 Å². The first kappa shape index (κ1) is 10.5. The Morgan fingerprint density at radius 1 is 1.40 bits per heavy atom. The molecule has 1 heterocycles. The zero-order valence-corrected chi connectivity index (χ0v) is 9.46. The first-order chi connectivity index (χ1) is 7.22. The van der Waals surface area contributed by atoms with E-state index in [1.165, 1.54) is 5.56 Å². The Kier molecular flexibility index (Phi) is 2.67. The van der Waals surface area contributed by atoms with E-state index in [0.29, 0.717) is 0 Å². The van der Waals surface area contributed by atoms with Gasteiger partial charge in [-0.1, -0.05) is 12.1 Å². The minimum absolute atomic E-state index is 0.0109. The Balaban J connectivity index is 2.33. The molecule has 0 radical (unpaired) electrons. The van der Waals surface area contributed by atoms with Gasteiger partial charge in [0.2, 0.25) is 0 Å². The number of hydrogen-bond donors (Lipinski definition) is 1. The third kappa shape index (κ3) is 1.62. The maximum Gasteiger partial charge on any atom is 0.121 e. The molecular formula is C12H17NO2. The lowest BCUT2D eigenvalue weighted by molar-refractivity contribution is -0.0748. The highest BCUT2D eigenvalue weighted by atomic mass is 16.5. The van der Waals surface area contributed by atoms with Gasteiger partial charge in [-0.15, -0.1) is 0 Å². The molecule has 1 aliphatic rings. The predicted octanol–water partition coefficient (Wildman–Crippen LogP) is 1.45. The van der Waals surface area contributed by atoms with E-state index in [4.69, 9.17) is 9.47 Å². The molecule has 0 unspecified atom stereocenters. The maximum absolute atomic E-state index is 5.29. The van der Waals surface area contributed by atoms with Gasteiger partial charge in [-0.3, -0.25) is 0 Å². The van der Waals surface area contributed by atoms with Gasteiger partial charge in [-0.05, 0) is 31.2 Å². The van der Waals surface area contributed by atoms with Crippen LogP contribution in [0.5, 0.6) is 5.75 Å². The van der Waals surface area contributed by atoms with Gasteiger partial charge in [-0.2, -0.15) is 0 Å². The fourth-order valence-electron chi connectivity index (χ4n) is 1.94. The summed E-state index contributed by atoms with van der Waals surface area (Å²) in [5, 5.41) is 3.33. The summed E-state index contributed by atoms with van der Waals surface area (Å²) in [7, 11) is 3.67. The van der Waals surface area contributed by atoms with E-state index in [1.54, 1.807) is 7.11 Å². The normalized spacial score (nSPS) is 18.3. The number of hydrogen-bond acceptors (Lipinski definition) is 3. The van der Waals surface area contributed by atoms with Gasteiger partial charge < -0.3 is 14.8 Å². The standard InChI is InChI=1S/C12H17NO2/c1-9-6-10(4-5-11(9)14-3)12(13-2)7-15-8-12/h4-6,13H,7-8H2,1-3H3. The summed E-state index contributed by atoms with van der Waals surface area (Å²) >= 11 is 0. The molecule has 0 spiro atoms. The van der Waals surface area contributed by atoms with Crippen molar-refractivity contribution in [3.05, 3.63) is 29.3 Å². The van der Waals surface area contributed by atoms with Crippen molar-refractivity contribution in [2.45, 2.75) is 12.5 Å². The molecule has 1 aromatic carbocycles. The van der Waals surface area contributed by atoms with Crippen LogP contribution >= 0.6 is 0 Å². The lowest BCUT2D eigenvalue weighted by atomic mass is 9.87. The molecule has 1 saturated heterocycles. The molecule has 3 heteroatoms. The second kappa shape index (κ2) is 3.83. The Labute approximate surface area is 90.4 Å². The van der Waals surface area contributed by atoms with Crippen molar-refractivity contribution < 1.29 is 9.47 Å². The Morgan fingerprint density at radius 2 is 2.13 bits per heavy atom. The van der Waals surface area contributed by atoms with Crippen LogP contribution in [0.3, 0.4) is 0 Å². The fraction of sp³-hybridized carbons (Fsp3) is 0.500. The average Bonchev–Trinajstić information content (AvgIpc) is 2.17. The van der Waals surface area contributed by atoms with Crippen LogP contribution in [0.2, 0.25) is 0 Å². The lowest BCUT2D eigenvalue weighted by Crippen LogP contribution is -2.56. The second-order valence-corrected chi connectivity index (χ2v) is 4.01. The molecule has 82 valence electrons. The molecule has 0 amide bonds. The Morgan fingerprint density at radius 3 is 2.53 bits per heavy atom. The highest BCUT2D eigenvalue weighted by Crippen LogP contribution is 2.31. The first-order valence-electron chi connectivity index (χ1n) is 5.13. The largest absolute Gasteiger partial charge is 0.496 e. The van der Waals surface area contributed by atoms with Gasteiger partial charge in [0.15, 0.2) is 0 Å². The first-order valence-corrected chi connectivity index (χ1v) is 5.13. The third-order valence-electron chi connectivity index (χ3n) is 3.12. The summed E-state index contributed by atoms with van der Waals surface area (Å²) in [4.78, 5) is 0. The summed E-state index contributed by atoms with van der Waals surface area (Å²) in [6.07, 6.45) is 0. The molecule has 0 saturated carbocycles. The molecule has 0 aliphatic carbocycles. The summed E-state index contributed by atoms with van der Waals surface area (Å²) in [6, 6.07) is 6.28. The quantitative estimate of drug-likeness (QED) is 0.813. The molecule has 1 N–H and O–H groups in total. The lowest BCUT2D eigenvalue weighted by Gasteiger charge is -2.42. The second-order valence-electron chi connectivity index (χ2n) is 4.01. The van der Waals surface area contributed by atoms with Crippen LogP contribution in [0.25, 0.3) is 0 Å². The van der Waals surface area contributed by atoms with Crippen LogP contribution in [-0.4, -0.2) is 27.4 Å². The van der Waals surface area contributed by atoms with E-state index in [1.807, 2.05) is 13.1 Å². The highest BCUT2D eigenvalue weighted by Gasteiger charge is 2.38. The number of rotatable bonds is 3. The number of aryl methyl sites for hydroxylation is 1. The highest BCUT2D eigenvalue weighted by molar-refractivity contribution is 5.40. The molecule has 15 heavy (non-hydrogen) atoms. The molecular weight excluding hydrogens is 190 g/mol. The third-order valence-corrected chi connectivity index (χ3v) is 3.12. The van der Waals surface area contributed by atoms with E-state index in [0.717, 1.165) is 24.5 Å². The molecule has 3 nitrogen and oxygen atoms in total. The zero-order chi connectivity index (χ0) is 10.9. The minimum atomic E-state index is 0.0109. The summed E-state index contributed by atoms with van der Waals surface area (Å²) in [5.41, 5.74) is 2.45. The van der Waals surface area contributed by atoms with Crippen molar-refractivity contribution >= 4 is 0 Å². The molecule has 0 atom stereocenters. The van der Waals surface area contributed by atoms with Gasteiger partial charge in [0, 0.05) is 0 Å². The maximum atomic E-state index is 5.29. The van der Waals surface area contributed by atoms with Crippen LogP contribution in [0, 0.1) is 6.92 Å². The van der Waals surface area contributed by atoms with Gasteiger partial charge in [-0.25, -0.2) is 0 Å². The van der Waals surface area contributed by atoms with Crippen LogP contribution in [0.1, 0.15) is 11.1 Å². The average molecular weight is 207 g/mol. The zero-order valence-electron chi connectivity index (χ0n) is 9.46. The van der Waals surface area contributed by atoms with Crippen molar-refractivity contribution in [1.82, 2.24) is 5.32 Å². The van der Waals surface area contributed by atoms with E-state index < -0.39 is 0 Å². The SMILES string of the molecule is CNC1(c2ccc(OC)c(C)c2)COC1. The van der Waals surface area contributed by atoms with Gasteiger partial charge in [0.1, 0.15) is 5.75 Å². The molecule has 0 aromatic heterocycles. The van der Waals surface area contributed by atoms with Crippen molar-refractivity contribution in [2.75, 3.05) is 27.4 Å². The van der Waals surface area contributed by atoms with Crippen molar-refractivity contribution in [1.29, 1.82) is 0 Å². The number of ether oxygens (including phenoxy) is 2.